The molecule has 2 fully saturated rings. The van der Waals surface area contributed by atoms with Gasteiger partial charge in [-0.1, -0.05) is 13.8 Å². The van der Waals surface area contributed by atoms with E-state index in [1.54, 1.807) is 6.92 Å². The second kappa shape index (κ2) is 5.42. The number of carbonyl (C=O) groups excluding carboxylic acids is 4. The van der Waals surface area contributed by atoms with Crippen molar-refractivity contribution < 1.29 is 19.2 Å². The fraction of sp³-hybridized carbons (Fsp3) is 0.600. The largest absolute Gasteiger partial charge is 0.326 e. The van der Waals surface area contributed by atoms with Gasteiger partial charge in [0.25, 0.3) is 5.91 Å². The Hall–Kier alpha value is -1.92. The van der Waals surface area contributed by atoms with Crippen LogP contribution < -0.4 is 16.0 Å². The van der Waals surface area contributed by atoms with Crippen molar-refractivity contribution in [2.45, 2.75) is 32.7 Å². The van der Waals surface area contributed by atoms with Gasteiger partial charge in [0.1, 0.15) is 6.04 Å². The fourth-order valence-electron chi connectivity index (χ4n) is 1.43. The van der Waals surface area contributed by atoms with E-state index < -0.39 is 0 Å². The molecule has 2 aliphatic rings. The lowest BCUT2D eigenvalue weighted by Crippen LogP contribution is -2.27. The number of rotatable bonds is 1. The first-order valence-electron chi connectivity index (χ1n) is 5.39. The van der Waals surface area contributed by atoms with E-state index in [0.717, 1.165) is 0 Å². The van der Waals surface area contributed by atoms with E-state index in [2.05, 4.69) is 16.0 Å². The van der Waals surface area contributed by atoms with Gasteiger partial charge in [-0.25, -0.2) is 4.79 Å². The lowest BCUT2D eigenvalue weighted by Gasteiger charge is -1.98. The predicted molar refractivity (Wildman–Crippen MR) is 57.7 cm³/mol. The standard InChI is InChI=1S/C5H8N2O2.C5H7NO2/c1-2-3-4(8)7-5(9)6-3;1-3-2-4(7)6-5(3)8/h3H,2H2,1H3,(H2,6,7,8,9);3H,2H2,1H3,(H,6,7,8). The molecule has 0 aromatic rings. The molecule has 2 heterocycles. The topological polar surface area (TPSA) is 104 Å². The summed E-state index contributed by atoms with van der Waals surface area (Å²) in [6.45, 7) is 3.58. The van der Waals surface area contributed by atoms with E-state index >= 15 is 0 Å². The van der Waals surface area contributed by atoms with E-state index in [4.69, 9.17) is 0 Å². The van der Waals surface area contributed by atoms with Gasteiger partial charge >= 0.3 is 6.03 Å². The number of urea groups is 1. The predicted octanol–water partition coefficient (Wildman–Crippen LogP) is -0.727. The van der Waals surface area contributed by atoms with Crippen LogP contribution in [0.3, 0.4) is 0 Å². The van der Waals surface area contributed by atoms with Gasteiger partial charge in [0.2, 0.25) is 11.8 Å². The first-order valence-corrected chi connectivity index (χ1v) is 5.39. The molecule has 0 spiro atoms. The molecule has 2 aliphatic heterocycles. The Morgan fingerprint density at radius 1 is 1.12 bits per heavy atom. The van der Waals surface area contributed by atoms with Crippen LogP contribution in [-0.4, -0.2) is 29.8 Å². The SMILES string of the molecule is CC1CC(=O)NC1=O.CCC1NC(=O)NC1=O. The zero-order valence-corrected chi connectivity index (χ0v) is 9.70. The zero-order chi connectivity index (χ0) is 13.0. The molecular weight excluding hydrogens is 226 g/mol. The highest BCUT2D eigenvalue weighted by Gasteiger charge is 2.27. The van der Waals surface area contributed by atoms with Gasteiger partial charge in [0.05, 0.1) is 0 Å². The van der Waals surface area contributed by atoms with Crippen LogP contribution >= 0.6 is 0 Å². The van der Waals surface area contributed by atoms with Crippen LogP contribution in [0.2, 0.25) is 0 Å². The molecular formula is C10H15N3O4. The first kappa shape index (κ1) is 13.1. The van der Waals surface area contributed by atoms with Crippen LogP contribution in [0.15, 0.2) is 0 Å². The van der Waals surface area contributed by atoms with Gasteiger partial charge in [0, 0.05) is 12.3 Å². The molecule has 0 saturated carbocycles. The zero-order valence-electron chi connectivity index (χ0n) is 9.70. The molecule has 0 aliphatic carbocycles. The third-order valence-electron chi connectivity index (χ3n) is 2.47. The summed E-state index contributed by atoms with van der Waals surface area (Å²) in [5, 5.41) is 6.77. The summed E-state index contributed by atoms with van der Waals surface area (Å²) in [6, 6.07) is -0.690. The van der Waals surface area contributed by atoms with Crippen molar-refractivity contribution in [1.82, 2.24) is 16.0 Å². The number of carbonyl (C=O) groups is 4. The highest BCUT2D eigenvalue weighted by atomic mass is 16.2. The Kier molecular flexibility index (Phi) is 4.19. The number of amides is 5. The second-order valence-corrected chi connectivity index (χ2v) is 3.94. The van der Waals surface area contributed by atoms with Crippen molar-refractivity contribution in [1.29, 1.82) is 0 Å². The van der Waals surface area contributed by atoms with Crippen LogP contribution in [0.5, 0.6) is 0 Å². The van der Waals surface area contributed by atoms with Gasteiger partial charge in [-0.2, -0.15) is 0 Å². The smallest absolute Gasteiger partial charge is 0.322 e. The molecule has 7 nitrogen and oxygen atoms in total. The van der Waals surface area contributed by atoms with Crippen LogP contribution in [-0.2, 0) is 14.4 Å². The lowest BCUT2D eigenvalue weighted by molar-refractivity contribution is -0.125. The molecule has 17 heavy (non-hydrogen) atoms. The van der Waals surface area contributed by atoms with Crippen molar-refractivity contribution in [2.75, 3.05) is 0 Å². The summed E-state index contributed by atoms with van der Waals surface area (Å²) in [4.78, 5) is 41.8. The van der Waals surface area contributed by atoms with Crippen LogP contribution in [0, 0.1) is 5.92 Å². The van der Waals surface area contributed by atoms with Gasteiger partial charge < -0.3 is 5.32 Å². The van der Waals surface area contributed by atoms with Crippen molar-refractivity contribution in [3.05, 3.63) is 0 Å². The third kappa shape index (κ3) is 3.54. The van der Waals surface area contributed by atoms with Gasteiger partial charge in [-0.3, -0.25) is 25.0 Å². The van der Waals surface area contributed by atoms with Gasteiger partial charge in [-0.15, -0.1) is 0 Å². The van der Waals surface area contributed by atoms with E-state index in [1.807, 2.05) is 6.92 Å². The van der Waals surface area contributed by atoms with Crippen LogP contribution in [0.1, 0.15) is 26.7 Å². The summed E-state index contributed by atoms with van der Waals surface area (Å²) in [7, 11) is 0. The molecule has 0 radical (unpaired) electrons. The number of hydrogen-bond donors (Lipinski definition) is 3. The fourth-order valence-corrected chi connectivity index (χ4v) is 1.43. The van der Waals surface area contributed by atoms with Crippen LogP contribution in [0.25, 0.3) is 0 Å². The minimum atomic E-state index is -0.383. The molecule has 0 bridgehead atoms. The van der Waals surface area contributed by atoms with Crippen molar-refractivity contribution in [2.24, 2.45) is 5.92 Å². The summed E-state index contributed by atoms with van der Waals surface area (Å²) < 4.78 is 0. The second-order valence-electron chi connectivity index (χ2n) is 3.94. The van der Waals surface area contributed by atoms with Crippen molar-refractivity contribution >= 4 is 23.8 Å². The van der Waals surface area contributed by atoms with Gasteiger partial charge in [-0.05, 0) is 6.42 Å². The molecule has 0 aromatic carbocycles. The summed E-state index contributed by atoms with van der Waals surface area (Å²) in [5.74, 6) is -0.623. The quantitative estimate of drug-likeness (QED) is 0.416. The summed E-state index contributed by atoms with van der Waals surface area (Å²) in [6.07, 6.45) is 1.01. The Morgan fingerprint density at radius 2 is 1.76 bits per heavy atom. The lowest BCUT2D eigenvalue weighted by atomic mass is 10.1. The first-order chi connectivity index (χ1) is 7.93. The molecule has 0 aromatic heterocycles. The normalized spacial score (nSPS) is 26.9. The van der Waals surface area contributed by atoms with E-state index in [-0.39, 0.29) is 35.7 Å². The maximum absolute atomic E-state index is 10.6. The number of imide groups is 2. The minimum Gasteiger partial charge on any atom is -0.326 e. The monoisotopic (exact) mass is 241 g/mol. The minimum absolute atomic E-state index is 0.109. The Morgan fingerprint density at radius 3 is 1.94 bits per heavy atom. The molecule has 2 atom stereocenters. The average Bonchev–Trinajstić information content (AvgIpc) is 2.70. The molecule has 94 valence electrons. The molecule has 3 N–H and O–H groups in total. The molecule has 2 unspecified atom stereocenters. The highest BCUT2D eigenvalue weighted by Crippen LogP contribution is 2.07. The maximum Gasteiger partial charge on any atom is 0.322 e. The Bertz CT molecular complexity index is 367. The molecule has 7 heteroatoms. The molecule has 2 saturated heterocycles. The summed E-state index contributed by atoms with van der Waals surface area (Å²) >= 11 is 0. The number of nitrogens with one attached hydrogen (secondary N) is 3. The van der Waals surface area contributed by atoms with Gasteiger partial charge in [0.15, 0.2) is 0 Å². The van der Waals surface area contributed by atoms with Crippen molar-refractivity contribution in [3.63, 3.8) is 0 Å². The Labute approximate surface area is 98.3 Å². The molecule has 2 rings (SSSR count). The summed E-state index contributed by atoms with van der Waals surface area (Å²) in [5.41, 5.74) is 0. The molecule has 5 amide bonds. The van der Waals surface area contributed by atoms with E-state index in [0.29, 0.717) is 12.8 Å². The average molecular weight is 241 g/mol. The third-order valence-corrected chi connectivity index (χ3v) is 2.47. The maximum atomic E-state index is 10.6. The Balaban J connectivity index is 0.000000171. The van der Waals surface area contributed by atoms with E-state index in [1.165, 1.54) is 0 Å². The van der Waals surface area contributed by atoms with Crippen molar-refractivity contribution in [3.8, 4) is 0 Å². The highest BCUT2D eigenvalue weighted by molar-refractivity contribution is 6.04. The van der Waals surface area contributed by atoms with Crippen LogP contribution in [0.4, 0.5) is 4.79 Å². The van der Waals surface area contributed by atoms with E-state index in [9.17, 15) is 19.2 Å². The number of hydrogen-bond acceptors (Lipinski definition) is 4.